The van der Waals surface area contributed by atoms with Crippen LogP contribution in [0.4, 0.5) is 0 Å². The summed E-state index contributed by atoms with van der Waals surface area (Å²) in [6.07, 6.45) is 1.59. The number of fused-ring (bicyclic) bond motifs is 1. The molecule has 0 spiro atoms. The summed E-state index contributed by atoms with van der Waals surface area (Å²) in [5.41, 5.74) is 3.34. The molecule has 0 saturated carbocycles. The number of rotatable bonds is 9. The third-order valence-corrected chi connectivity index (χ3v) is 5.74. The van der Waals surface area contributed by atoms with Crippen molar-refractivity contribution in [1.82, 2.24) is 10.2 Å². The molecular formula is C28H34N2O2. The van der Waals surface area contributed by atoms with Crippen LogP contribution in [0.2, 0.25) is 0 Å². The van der Waals surface area contributed by atoms with Crippen molar-refractivity contribution < 1.29 is 9.59 Å². The summed E-state index contributed by atoms with van der Waals surface area (Å²) in [7, 11) is 0. The molecule has 0 radical (unpaired) electrons. The normalized spacial score (nSPS) is 12.0. The van der Waals surface area contributed by atoms with Crippen molar-refractivity contribution in [1.29, 1.82) is 0 Å². The molecule has 0 bridgehead atoms. The van der Waals surface area contributed by atoms with Gasteiger partial charge in [0.15, 0.2) is 0 Å². The topological polar surface area (TPSA) is 49.4 Å². The van der Waals surface area contributed by atoms with E-state index >= 15 is 0 Å². The lowest BCUT2D eigenvalue weighted by Gasteiger charge is -2.31. The van der Waals surface area contributed by atoms with Gasteiger partial charge in [0.1, 0.15) is 6.04 Å². The molecule has 1 atom stereocenters. The minimum atomic E-state index is -0.488. The summed E-state index contributed by atoms with van der Waals surface area (Å²) in [4.78, 5) is 28.2. The molecule has 0 heterocycles. The Balaban J connectivity index is 1.83. The lowest BCUT2D eigenvalue weighted by molar-refractivity contribution is -0.141. The number of carbonyl (C=O) groups is 2. The van der Waals surface area contributed by atoms with E-state index in [1.54, 1.807) is 4.90 Å². The van der Waals surface area contributed by atoms with Gasteiger partial charge in [0.05, 0.1) is 0 Å². The Hall–Kier alpha value is -3.14. The maximum Gasteiger partial charge on any atom is 0.243 e. The predicted molar refractivity (Wildman–Crippen MR) is 131 cm³/mol. The van der Waals surface area contributed by atoms with Gasteiger partial charge in [-0.2, -0.15) is 0 Å². The smallest absolute Gasteiger partial charge is 0.243 e. The number of hydrogen-bond donors (Lipinski definition) is 1. The molecule has 0 saturated heterocycles. The highest BCUT2D eigenvalue weighted by Gasteiger charge is 2.28. The van der Waals surface area contributed by atoms with Crippen molar-refractivity contribution >= 4 is 22.6 Å². The SMILES string of the molecule is CCC(C(=O)NC(C)C)N(Cc1cccc(C)c1)C(=O)CCc1cccc2ccccc12. The predicted octanol–water partition coefficient (Wildman–Crippen LogP) is 5.41. The molecule has 3 aromatic rings. The first-order valence-electron chi connectivity index (χ1n) is 11.5. The fourth-order valence-electron chi connectivity index (χ4n) is 4.20. The summed E-state index contributed by atoms with van der Waals surface area (Å²) >= 11 is 0. The van der Waals surface area contributed by atoms with Crippen LogP contribution in [0.15, 0.2) is 66.7 Å². The van der Waals surface area contributed by atoms with E-state index in [2.05, 4.69) is 35.6 Å². The maximum absolute atomic E-state index is 13.5. The molecule has 1 N–H and O–H groups in total. The fraction of sp³-hybridized carbons (Fsp3) is 0.357. The zero-order chi connectivity index (χ0) is 23.1. The van der Waals surface area contributed by atoms with Gasteiger partial charge < -0.3 is 10.2 Å². The Labute approximate surface area is 191 Å². The summed E-state index contributed by atoms with van der Waals surface area (Å²) in [5, 5.41) is 5.35. The van der Waals surface area contributed by atoms with Crippen molar-refractivity contribution in [3.05, 3.63) is 83.4 Å². The number of nitrogens with one attached hydrogen (secondary N) is 1. The highest BCUT2D eigenvalue weighted by atomic mass is 16.2. The second-order valence-electron chi connectivity index (χ2n) is 8.74. The first-order chi connectivity index (χ1) is 15.4. The Morgan fingerprint density at radius 1 is 0.969 bits per heavy atom. The van der Waals surface area contributed by atoms with Crippen LogP contribution >= 0.6 is 0 Å². The molecule has 4 heteroatoms. The summed E-state index contributed by atoms with van der Waals surface area (Å²) in [5.74, 6) is -0.0844. The number of nitrogens with zero attached hydrogens (tertiary/aromatic N) is 1. The van der Waals surface area contributed by atoms with Crippen LogP contribution in [0.25, 0.3) is 10.8 Å². The van der Waals surface area contributed by atoms with Gasteiger partial charge in [-0.3, -0.25) is 9.59 Å². The molecular weight excluding hydrogens is 396 g/mol. The molecule has 168 valence electrons. The van der Waals surface area contributed by atoms with Gasteiger partial charge in [0.25, 0.3) is 0 Å². The zero-order valence-electron chi connectivity index (χ0n) is 19.6. The van der Waals surface area contributed by atoms with E-state index in [-0.39, 0.29) is 17.9 Å². The van der Waals surface area contributed by atoms with E-state index in [1.165, 1.54) is 10.8 Å². The Morgan fingerprint density at radius 2 is 1.69 bits per heavy atom. The second kappa shape index (κ2) is 10.9. The highest BCUT2D eigenvalue weighted by Crippen LogP contribution is 2.21. The van der Waals surface area contributed by atoms with Gasteiger partial charge in [0, 0.05) is 19.0 Å². The molecule has 0 aliphatic heterocycles. The minimum Gasteiger partial charge on any atom is -0.352 e. The van der Waals surface area contributed by atoms with Gasteiger partial charge in [-0.15, -0.1) is 0 Å². The van der Waals surface area contributed by atoms with Crippen molar-refractivity contribution in [2.45, 2.75) is 65.6 Å². The summed E-state index contributed by atoms with van der Waals surface area (Å²) in [6, 6.07) is 22.1. The molecule has 32 heavy (non-hydrogen) atoms. The van der Waals surface area contributed by atoms with Gasteiger partial charge in [-0.05, 0) is 55.5 Å². The quantitative estimate of drug-likeness (QED) is 0.493. The van der Waals surface area contributed by atoms with Crippen molar-refractivity contribution in [2.75, 3.05) is 0 Å². The third-order valence-electron chi connectivity index (χ3n) is 5.74. The number of carbonyl (C=O) groups excluding carboxylic acids is 2. The third kappa shape index (κ3) is 5.97. The molecule has 0 aliphatic carbocycles. The van der Waals surface area contributed by atoms with E-state index in [0.29, 0.717) is 25.8 Å². The molecule has 4 nitrogen and oxygen atoms in total. The lowest BCUT2D eigenvalue weighted by Crippen LogP contribution is -2.50. The number of benzene rings is 3. The van der Waals surface area contributed by atoms with E-state index < -0.39 is 6.04 Å². The fourth-order valence-corrected chi connectivity index (χ4v) is 4.20. The number of aryl methyl sites for hydroxylation is 2. The number of hydrogen-bond acceptors (Lipinski definition) is 2. The van der Waals surface area contributed by atoms with E-state index in [1.807, 2.05) is 64.1 Å². The van der Waals surface area contributed by atoms with E-state index in [9.17, 15) is 9.59 Å². The molecule has 3 rings (SSSR count). The second-order valence-corrected chi connectivity index (χ2v) is 8.74. The van der Waals surface area contributed by atoms with E-state index in [4.69, 9.17) is 0 Å². The van der Waals surface area contributed by atoms with Crippen LogP contribution < -0.4 is 5.32 Å². The van der Waals surface area contributed by atoms with Crippen LogP contribution in [0.5, 0.6) is 0 Å². The lowest BCUT2D eigenvalue weighted by atomic mass is 10.00. The van der Waals surface area contributed by atoms with Gasteiger partial charge in [-0.25, -0.2) is 0 Å². The molecule has 0 aliphatic rings. The van der Waals surface area contributed by atoms with Crippen molar-refractivity contribution in [3.8, 4) is 0 Å². The molecule has 2 amide bonds. The van der Waals surface area contributed by atoms with Crippen LogP contribution in [0, 0.1) is 6.92 Å². The number of amides is 2. The summed E-state index contributed by atoms with van der Waals surface area (Å²) < 4.78 is 0. The largest absolute Gasteiger partial charge is 0.352 e. The van der Waals surface area contributed by atoms with Crippen LogP contribution in [-0.4, -0.2) is 28.8 Å². The van der Waals surface area contributed by atoms with Gasteiger partial charge in [0.2, 0.25) is 11.8 Å². The monoisotopic (exact) mass is 430 g/mol. The van der Waals surface area contributed by atoms with Crippen molar-refractivity contribution in [2.24, 2.45) is 0 Å². The Kier molecular flexibility index (Phi) is 8.04. The summed E-state index contributed by atoms with van der Waals surface area (Å²) in [6.45, 7) is 8.32. The first kappa shape index (κ1) is 23.5. The maximum atomic E-state index is 13.5. The van der Waals surface area contributed by atoms with E-state index in [0.717, 1.165) is 16.7 Å². The molecule has 1 unspecified atom stereocenters. The first-order valence-corrected chi connectivity index (χ1v) is 11.5. The van der Waals surface area contributed by atoms with Crippen LogP contribution in [0.3, 0.4) is 0 Å². The van der Waals surface area contributed by atoms with Crippen LogP contribution in [-0.2, 0) is 22.6 Å². The average Bonchev–Trinajstić information content (AvgIpc) is 2.77. The van der Waals surface area contributed by atoms with Crippen molar-refractivity contribution in [3.63, 3.8) is 0 Å². The molecule has 0 fully saturated rings. The highest BCUT2D eigenvalue weighted by molar-refractivity contribution is 5.89. The minimum absolute atomic E-state index is 0.00481. The standard InChI is InChI=1S/C28H34N2O2/c1-5-26(28(32)29-20(2)3)30(19-22-11-8-10-21(4)18-22)27(31)17-16-24-14-9-13-23-12-6-7-15-25(23)24/h6-15,18,20,26H,5,16-17,19H2,1-4H3,(H,29,32). The average molecular weight is 431 g/mol. The molecule has 3 aromatic carbocycles. The zero-order valence-corrected chi connectivity index (χ0v) is 19.6. The van der Waals surface area contributed by atoms with Gasteiger partial charge in [-0.1, -0.05) is 79.2 Å². The Bertz CT molecular complexity index is 1070. The van der Waals surface area contributed by atoms with Gasteiger partial charge >= 0.3 is 0 Å². The Morgan fingerprint density at radius 3 is 2.41 bits per heavy atom. The molecule has 0 aromatic heterocycles. The van der Waals surface area contributed by atoms with Crippen LogP contribution in [0.1, 0.15) is 50.3 Å².